The van der Waals surface area contributed by atoms with Gasteiger partial charge < -0.3 is 14.4 Å². The predicted octanol–water partition coefficient (Wildman–Crippen LogP) is 0.434. The zero-order valence-electron chi connectivity index (χ0n) is 9.62. The Morgan fingerprint density at radius 3 is 2.40 bits per heavy atom. The SMILES string of the molecule is CCN(CC(=O)OC)C(=O)CCCOC. The number of amides is 1. The molecule has 1 amide bonds. The molecule has 0 aromatic carbocycles. The first-order chi connectivity index (χ1) is 7.15. The van der Waals surface area contributed by atoms with Crippen molar-refractivity contribution < 1.29 is 19.1 Å². The molecule has 0 aromatic rings. The Morgan fingerprint density at radius 2 is 1.93 bits per heavy atom. The lowest BCUT2D eigenvalue weighted by Gasteiger charge is -2.19. The molecular weight excluding hydrogens is 198 g/mol. The number of carbonyl (C=O) groups excluding carboxylic acids is 2. The number of rotatable bonds is 7. The van der Waals surface area contributed by atoms with Crippen molar-refractivity contribution in [1.29, 1.82) is 0 Å². The standard InChI is InChI=1S/C10H19NO4/c1-4-11(8-10(13)15-3)9(12)6-5-7-14-2/h4-8H2,1-3H3. The number of carbonyl (C=O) groups is 2. The maximum atomic E-state index is 11.6. The van der Waals surface area contributed by atoms with Gasteiger partial charge in [0.1, 0.15) is 6.54 Å². The summed E-state index contributed by atoms with van der Waals surface area (Å²) in [6.45, 7) is 2.93. The van der Waals surface area contributed by atoms with Crippen LogP contribution in [-0.2, 0) is 19.1 Å². The lowest BCUT2D eigenvalue weighted by Crippen LogP contribution is -2.35. The third-order valence-electron chi connectivity index (χ3n) is 2.02. The van der Waals surface area contributed by atoms with Crippen molar-refractivity contribution in [3.8, 4) is 0 Å². The van der Waals surface area contributed by atoms with Crippen LogP contribution in [0.2, 0.25) is 0 Å². The second kappa shape index (κ2) is 8.23. The van der Waals surface area contributed by atoms with Crippen molar-refractivity contribution in [3.63, 3.8) is 0 Å². The molecule has 0 aliphatic carbocycles. The Morgan fingerprint density at radius 1 is 1.27 bits per heavy atom. The van der Waals surface area contributed by atoms with Crippen LogP contribution in [0.4, 0.5) is 0 Å². The molecule has 0 heterocycles. The number of hydrogen-bond donors (Lipinski definition) is 0. The van der Waals surface area contributed by atoms with Gasteiger partial charge in [-0.05, 0) is 13.3 Å². The van der Waals surface area contributed by atoms with Gasteiger partial charge in [-0.3, -0.25) is 9.59 Å². The molecule has 5 nitrogen and oxygen atoms in total. The number of likely N-dealkylation sites (N-methyl/N-ethyl adjacent to an activating group) is 1. The molecule has 0 bridgehead atoms. The first-order valence-corrected chi connectivity index (χ1v) is 4.99. The first kappa shape index (κ1) is 13.9. The van der Waals surface area contributed by atoms with Crippen molar-refractivity contribution >= 4 is 11.9 Å². The number of esters is 1. The van der Waals surface area contributed by atoms with E-state index in [1.165, 1.54) is 12.0 Å². The van der Waals surface area contributed by atoms with E-state index in [2.05, 4.69) is 4.74 Å². The number of ether oxygens (including phenoxy) is 2. The topological polar surface area (TPSA) is 55.8 Å². The fourth-order valence-corrected chi connectivity index (χ4v) is 1.12. The molecule has 0 spiro atoms. The Balaban J connectivity index is 3.93. The molecule has 0 aliphatic heterocycles. The van der Waals surface area contributed by atoms with Crippen molar-refractivity contribution in [3.05, 3.63) is 0 Å². The van der Waals surface area contributed by atoms with E-state index in [0.29, 0.717) is 26.0 Å². The summed E-state index contributed by atoms with van der Waals surface area (Å²) in [5, 5.41) is 0. The van der Waals surface area contributed by atoms with E-state index in [1.54, 1.807) is 7.11 Å². The minimum absolute atomic E-state index is 0.0266. The van der Waals surface area contributed by atoms with Crippen LogP contribution in [-0.4, -0.2) is 50.7 Å². The molecule has 0 rings (SSSR count). The molecule has 0 aromatic heterocycles. The molecular formula is C10H19NO4. The zero-order valence-corrected chi connectivity index (χ0v) is 9.62. The van der Waals surface area contributed by atoms with E-state index in [1.807, 2.05) is 6.92 Å². The molecule has 0 N–H and O–H groups in total. The van der Waals surface area contributed by atoms with Crippen LogP contribution in [0.3, 0.4) is 0 Å². The lowest BCUT2D eigenvalue weighted by molar-refractivity contribution is -0.147. The molecule has 15 heavy (non-hydrogen) atoms. The highest BCUT2D eigenvalue weighted by atomic mass is 16.5. The fraction of sp³-hybridized carbons (Fsp3) is 0.800. The van der Waals surface area contributed by atoms with Gasteiger partial charge in [0.25, 0.3) is 0 Å². The van der Waals surface area contributed by atoms with Gasteiger partial charge in [-0.25, -0.2) is 0 Å². The van der Waals surface area contributed by atoms with Gasteiger partial charge in [-0.1, -0.05) is 0 Å². The second-order valence-corrected chi connectivity index (χ2v) is 3.08. The third kappa shape index (κ3) is 6.06. The highest BCUT2D eigenvalue weighted by molar-refractivity contribution is 5.81. The van der Waals surface area contributed by atoms with Gasteiger partial charge in [0.2, 0.25) is 5.91 Å². The summed E-state index contributed by atoms with van der Waals surface area (Å²) in [5.41, 5.74) is 0. The molecule has 0 atom stereocenters. The van der Waals surface area contributed by atoms with E-state index in [-0.39, 0.29) is 12.5 Å². The molecule has 0 saturated carbocycles. The maximum absolute atomic E-state index is 11.6. The summed E-state index contributed by atoms with van der Waals surface area (Å²) in [6.07, 6.45) is 1.08. The van der Waals surface area contributed by atoms with Crippen LogP contribution in [0.25, 0.3) is 0 Å². The van der Waals surface area contributed by atoms with Crippen LogP contribution in [0.1, 0.15) is 19.8 Å². The van der Waals surface area contributed by atoms with Gasteiger partial charge in [-0.15, -0.1) is 0 Å². The summed E-state index contributed by atoms with van der Waals surface area (Å²) in [6, 6.07) is 0. The highest BCUT2D eigenvalue weighted by Gasteiger charge is 2.14. The predicted molar refractivity (Wildman–Crippen MR) is 55.4 cm³/mol. The number of nitrogens with zero attached hydrogens (tertiary/aromatic N) is 1. The van der Waals surface area contributed by atoms with Crippen LogP contribution >= 0.6 is 0 Å². The maximum Gasteiger partial charge on any atom is 0.325 e. The monoisotopic (exact) mass is 217 g/mol. The normalized spacial score (nSPS) is 9.80. The van der Waals surface area contributed by atoms with E-state index in [4.69, 9.17) is 4.74 Å². The quantitative estimate of drug-likeness (QED) is 0.458. The third-order valence-corrected chi connectivity index (χ3v) is 2.02. The highest BCUT2D eigenvalue weighted by Crippen LogP contribution is 1.98. The van der Waals surface area contributed by atoms with Gasteiger partial charge in [-0.2, -0.15) is 0 Å². The van der Waals surface area contributed by atoms with E-state index >= 15 is 0 Å². The average molecular weight is 217 g/mol. The van der Waals surface area contributed by atoms with Crippen LogP contribution in [0.5, 0.6) is 0 Å². The molecule has 0 radical (unpaired) electrons. The number of hydrogen-bond acceptors (Lipinski definition) is 4. The average Bonchev–Trinajstić information content (AvgIpc) is 2.25. The van der Waals surface area contributed by atoms with Gasteiger partial charge >= 0.3 is 5.97 Å². The van der Waals surface area contributed by atoms with Gasteiger partial charge in [0.05, 0.1) is 7.11 Å². The molecule has 88 valence electrons. The Hall–Kier alpha value is -1.10. The smallest absolute Gasteiger partial charge is 0.325 e. The van der Waals surface area contributed by atoms with Crippen molar-refractivity contribution in [2.75, 3.05) is 33.9 Å². The van der Waals surface area contributed by atoms with E-state index in [0.717, 1.165) is 0 Å². The van der Waals surface area contributed by atoms with Crippen molar-refractivity contribution in [2.24, 2.45) is 0 Å². The van der Waals surface area contributed by atoms with Crippen LogP contribution < -0.4 is 0 Å². The fourth-order valence-electron chi connectivity index (χ4n) is 1.12. The lowest BCUT2D eigenvalue weighted by atomic mass is 10.3. The zero-order chi connectivity index (χ0) is 11.7. The second-order valence-electron chi connectivity index (χ2n) is 3.08. The molecule has 0 unspecified atom stereocenters. The van der Waals surface area contributed by atoms with Crippen molar-refractivity contribution in [2.45, 2.75) is 19.8 Å². The van der Waals surface area contributed by atoms with Crippen molar-refractivity contribution in [1.82, 2.24) is 4.90 Å². The van der Waals surface area contributed by atoms with Crippen LogP contribution in [0, 0.1) is 0 Å². The Labute approximate surface area is 90.3 Å². The largest absolute Gasteiger partial charge is 0.468 e. The minimum Gasteiger partial charge on any atom is -0.468 e. The van der Waals surface area contributed by atoms with E-state index < -0.39 is 5.97 Å². The first-order valence-electron chi connectivity index (χ1n) is 4.99. The molecule has 5 heteroatoms. The summed E-state index contributed by atoms with van der Waals surface area (Å²) < 4.78 is 9.35. The Bertz CT molecular complexity index is 206. The van der Waals surface area contributed by atoms with Gasteiger partial charge in [0.15, 0.2) is 0 Å². The Kier molecular flexibility index (Phi) is 7.62. The number of methoxy groups -OCH3 is 2. The minimum atomic E-state index is -0.392. The van der Waals surface area contributed by atoms with Crippen LogP contribution in [0.15, 0.2) is 0 Å². The molecule has 0 saturated heterocycles. The summed E-state index contributed by atoms with van der Waals surface area (Å²) in [7, 11) is 2.90. The molecule has 0 fully saturated rings. The summed E-state index contributed by atoms with van der Waals surface area (Å²) >= 11 is 0. The molecule has 0 aliphatic rings. The van der Waals surface area contributed by atoms with E-state index in [9.17, 15) is 9.59 Å². The summed E-state index contributed by atoms with van der Waals surface area (Å²) in [5.74, 6) is -0.433. The summed E-state index contributed by atoms with van der Waals surface area (Å²) in [4.78, 5) is 24.0. The van der Waals surface area contributed by atoms with Gasteiger partial charge in [0, 0.05) is 26.7 Å².